The Morgan fingerprint density at radius 1 is 1.55 bits per heavy atom. The summed E-state index contributed by atoms with van der Waals surface area (Å²) in [5, 5.41) is 0. The number of nitrogens with zero attached hydrogens (tertiary/aromatic N) is 1. The molecule has 0 aliphatic rings. The summed E-state index contributed by atoms with van der Waals surface area (Å²) < 4.78 is 0. The molecule has 0 amide bonds. The molecule has 0 saturated carbocycles. The summed E-state index contributed by atoms with van der Waals surface area (Å²) in [6.07, 6.45) is 6.50. The van der Waals surface area contributed by atoms with E-state index in [1.54, 1.807) is 12.4 Å². The van der Waals surface area contributed by atoms with Crippen molar-refractivity contribution < 1.29 is 0 Å². The highest BCUT2D eigenvalue weighted by Gasteiger charge is 1.97. The molecule has 0 aliphatic carbocycles. The Balaban J connectivity index is 4.11. The number of rotatable bonds is 4. The SMILES string of the molecule is C=C/N=C\C=C(/CC)C(C)C. The van der Waals surface area contributed by atoms with Gasteiger partial charge >= 0.3 is 0 Å². The number of aliphatic imine (C=N–C) groups is 1. The Morgan fingerprint density at radius 2 is 2.18 bits per heavy atom. The number of hydrogen-bond acceptors (Lipinski definition) is 1. The molecule has 0 atom stereocenters. The van der Waals surface area contributed by atoms with Crippen molar-refractivity contribution in [2.75, 3.05) is 0 Å². The van der Waals surface area contributed by atoms with Gasteiger partial charge in [-0.15, -0.1) is 0 Å². The maximum absolute atomic E-state index is 3.90. The first kappa shape index (κ1) is 10.2. The van der Waals surface area contributed by atoms with Crippen LogP contribution < -0.4 is 0 Å². The van der Waals surface area contributed by atoms with Gasteiger partial charge < -0.3 is 0 Å². The van der Waals surface area contributed by atoms with Gasteiger partial charge in [-0.25, -0.2) is 0 Å². The van der Waals surface area contributed by atoms with Crippen LogP contribution in [0, 0.1) is 5.92 Å². The first-order valence-corrected chi connectivity index (χ1v) is 4.05. The van der Waals surface area contributed by atoms with E-state index in [1.165, 1.54) is 5.57 Å². The van der Waals surface area contributed by atoms with Gasteiger partial charge in [-0.2, -0.15) is 0 Å². The second kappa shape index (κ2) is 5.90. The van der Waals surface area contributed by atoms with Gasteiger partial charge in [-0.1, -0.05) is 32.9 Å². The molecule has 0 bridgehead atoms. The van der Waals surface area contributed by atoms with E-state index in [-0.39, 0.29) is 0 Å². The minimum Gasteiger partial charge on any atom is -0.265 e. The standard InChI is InChI=1S/C10H17N/c1-5-10(9(3)4)7-8-11-6-2/h6-9H,2,5H2,1,3-4H3/b10-7+,11-8-. The summed E-state index contributed by atoms with van der Waals surface area (Å²) >= 11 is 0. The van der Waals surface area contributed by atoms with Crippen molar-refractivity contribution >= 4 is 6.21 Å². The van der Waals surface area contributed by atoms with Crippen LogP contribution in [0.25, 0.3) is 0 Å². The molecule has 0 radical (unpaired) electrons. The van der Waals surface area contributed by atoms with Crippen LogP contribution in [0.2, 0.25) is 0 Å². The second-order valence-corrected chi connectivity index (χ2v) is 2.73. The monoisotopic (exact) mass is 151 g/mol. The molecule has 0 unspecified atom stereocenters. The van der Waals surface area contributed by atoms with Crippen LogP contribution in [-0.2, 0) is 0 Å². The highest BCUT2D eigenvalue weighted by molar-refractivity contribution is 5.72. The number of allylic oxidation sites excluding steroid dienone is 2. The van der Waals surface area contributed by atoms with Crippen molar-refractivity contribution in [2.45, 2.75) is 27.2 Å². The number of hydrogen-bond donors (Lipinski definition) is 0. The van der Waals surface area contributed by atoms with Gasteiger partial charge in [0.05, 0.1) is 0 Å². The summed E-state index contributed by atoms with van der Waals surface area (Å²) in [5.74, 6) is 0.622. The molecule has 0 rings (SSSR count). The van der Waals surface area contributed by atoms with E-state index in [0.717, 1.165) is 6.42 Å². The van der Waals surface area contributed by atoms with Gasteiger partial charge in [0.15, 0.2) is 0 Å². The lowest BCUT2D eigenvalue weighted by molar-refractivity contribution is 0.734. The fraction of sp³-hybridized carbons (Fsp3) is 0.500. The minimum atomic E-state index is 0.622. The van der Waals surface area contributed by atoms with E-state index in [2.05, 4.69) is 38.4 Å². The fourth-order valence-electron chi connectivity index (χ4n) is 0.918. The van der Waals surface area contributed by atoms with Gasteiger partial charge in [-0.05, 0) is 18.4 Å². The van der Waals surface area contributed by atoms with Crippen molar-refractivity contribution in [2.24, 2.45) is 10.9 Å². The van der Waals surface area contributed by atoms with Crippen LogP contribution in [0.4, 0.5) is 0 Å². The molecular weight excluding hydrogens is 134 g/mol. The second-order valence-electron chi connectivity index (χ2n) is 2.73. The van der Waals surface area contributed by atoms with Gasteiger partial charge in [0.1, 0.15) is 0 Å². The van der Waals surface area contributed by atoms with E-state index >= 15 is 0 Å². The molecule has 0 N–H and O–H groups in total. The molecule has 0 aliphatic heterocycles. The molecule has 0 aromatic rings. The van der Waals surface area contributed by atoms with E-state index in [0.29, 0.717) is 5.92 Å². The maximum Gasteiger partial charge on any atom is 0.0267 e. The molecule has 0 saturated heterocycles. The van der Waals surface area contributed by atoms with E-state index in [1.807, 2.05) is 0 Å². The van der Waals surface area contributed by atoms with E-state index in [4.69, 9.17) is 0 Å². The molecule has 0 aromatic carbocycles. The van der Waals surface area contributed by atoms with Crippen molar-refractivity contribution in [3.63, 3.8) is 0 Å². The van der Waals surface area contributed by atoms with Gasteiger partial charge in [-0.3, -0.25) is 4.99 Å². The van der Waals surface area contributed by atoms with Crippen LogP contribution in [-0.4, -0.2) is 6.21 Å². The van der Waals surface area contributed by atoms with Crippen molar-refractivity contribution in [1.82, 2.24) is 0 Å². The molecule has 62 valence electrons. The maximum atomic E-state index is 3.90. The predicted octanol–water partition coefficient (Wildman–Crippen LogP) is 3.19. The molecule has 1 nitrogen and oxygen atoms in total. The van der Waals surface area contributed by atoms with Gasteiger partial charge in [0.25, 0.3) is 0 Å². The predicted molar refractivity (Wildman–Crippen MR) is 51.9 cm³/mol. The lowest BCUT2D eigenvalue weighted by atomic mass is 10.0. The topological polar surface area (TPSA) is 12.4 Å². The van der Waals surface area contributed by atoms with E-state index < -0.39 is 0 Å². The fourth-order valence-corrected chi connectivity index (χ4v) is 0.918. The third-order valence-corrected chi connectivity index (χ3v) is 1.63. The third-order valence-electron chi connectivity index (χ3n) is 1.63. The Morgan fingerprint density at radius 3 is 2.55 bits per heavy atom. The highest BCUT2D eigenvalue weighted by Crippen LogP contribution is 2.11. The normalized spacial score (nSPS) is 12.9. The van der Waals surface area contributed by atoms with Crippen LogP contribution >= 0.6 is 0 Å². The van der Waals surface area contributed by atoms with E-state index in [9.17, 15) is 0 Å². The smallest absolute Gasteiger partial charge is 0.0267 e. The lowest BCUT2D eigenvalue weighted by Gasteiger charge is -2.05. The first-order chi connectivity index (χ1) is 5.22. The zero-order valence-electron chi connectivity index (χ0n) is 7.67. The average Bonchev–Trinajstić information content (AvgIpc) is 1.97. The molecule has 0 spiro atoms. The summed E-state index contributed by atoms with van der Waals surface area (Å²) in [6, 6.07) is 0. The minimum absolute atomic E-state index is 0.622. The lowest BCUT2D eigenvalue weighted by Crippen LogP contribution is -1.92. The van der Waals surface area contributed by atoms with Crippen molar-refractivity contribution in [3.05, 3.63) is 24.4 Å². The summed E-state index contributed by atoms with van der Waals surface area (Å²) in [4.78, 5) is 3.90. The third kappa shape index (κ3) is 4.54. The van der Waals surface area contributed by atoms with Crippen molar-refractivity contribution in [1.29, 1.82) is 0 Å². The van der Waals surface area contributed by atoms with Gasteiger partial charge in [0, 0.05) is 12.4 Å². The molecule has 0 aromatic heterocycles. The Labute approximate surface area is 69.5 Å². The zero-order valence-corrected chi connectivity index (χ0v) is 7.67. The van der Waals surface area contributed by atoms with Crippen molar-refractivity contribution in [3.8, 4) is 0 Å². The van der Waals surface area contributed by atoms with Crippen LogP contribution in [0.1, 0.15) is 27.2 Å². The highest BCUT2D eigenvalue weighted by atomic mass is 14.6. The molecular formula is C10H17N. The summed E-state index contributed by atoms with van der Waals surface area (Å²) in [5.41, 5.74) is 1.43. The largest absolute Gasteiger partial charge is 0.265 e. The molecule has 0 heterocycles. The van der Waals surface area contributed by atoms with Gasteiger partial charge in [0.2, 0.25) is 0 Å². The summed E-state index contributed by atoms with van der Waals surface area (Å²) in [7, 11) is 0. The molecule has 0 fully saturated rings. The summed E-state index contributed by atoms with van der Waals surface area (Å²) in [6.45, 7) is 10.0. The Kier molecular flexibility index (Phi) is 5.44. The Hall–Kier alpha value is -0.850. The zero-order chi connectivity index (χ0) is 8.69. The Bertz CT molecular complexity index is 164. The van der Waals surface area contributed by atoms with Crippen LogP contribution in [0.5, 0.6) is 0 Å². The molecule has 1 heteroatoms. The van der Waals surface area contributed by atoms with Crippen LogP contribution in [0.15, 0.2) is 29.4 Å². The average molecular weight is 151 g/mol. The molecule has 11 heavy (non-hydrogen) atoms. The first-order valence-electron chi connectivity index (χ1n) is 4.05. The quantitative estimate of drug-likeness (QED) is 0.547. The van der Waals surface area contributed by atoms with Crippen LogP contribution in [0.3, 0.4) is 0 Å².